The van der Waals surface area contributed by atoms with Gasteiger partial charge in [-0.05, 0) is 37.0 Å². The molecule has 5 heteroatoms. The molecule has 23 heavy (non-hydrogen) atoms. The Morgan fingerprint density at radius 1 is 1.09 bits per heavy atom. The molecule has 0 spiro atoms. The lowest BCUT2D eigenvalue weighted by Crippen LogP contribution is -2.48. The quantitative estimate of drug-likeness (QED) is 0.599. The first-order chi connectivity index (χ1) is 11.0. The fourth-order valence-corrected chi connectivity index (χ4v) is 2.53. The molecule has 0 saturated heterocycles. The number of nitrogens with two attached hydrogens (primary N) is 1. The first-order valence-electron chi connectivity index (χ1n) is 7.53. The van der Waals surface area contributed by atoms with Crippen molar-refractivity contribution in [1.29, 1.82) is 5.41 Å². The van der Waals surface area contributed by atoms with Crippen molar-refractivity contribution in [3.05, 3.63) is 65.2 Å². The van der Waals surface area contributed by atoms with Crippen molar-refractivity contribution in [2.75, 3.05) is 11.4 Å². The Hall–Kier alpha value is -2.82. The van der Waals surface area contributed by atoms with Crippen molar-refractivity contribution in [2.24, 2.45) is 5.73 Å². The number of anilines is 1. The predicted octanol–water partition coefficient (Wildman–Crippen LogP) is 2.96. The molecule has 0 aliphatic carbocycles. The molecule has 4 N–H and O–H groups in total. The summed E-state index contributed by atoms with van der Waals surface area (Å²) in [6.45, 7) is 4.28. The lowest BCUT2D eigenvalue weighted by molar-refractivity contribution is 0.249. The van der Waals surface area contributed by atoms with Gasteiger partial charge in [0.05, 0.1) is 5.69 Å². The molecule has 0 aromatic heterocycles. The van der Waals surface area contributed by atoms with Gasteiger partial charge < -0.3 is 11.1 Å². The first kappa shape index (κ1) is 16.5. The monoisotopic (exact) mass is 310 g/mol. The topological polar surface area (TPSA) is 82.2 Å². The molecular weight excluding hydrogens is 288 g/mol. The molecule has 120 valence electrons. The molecule has 0 heterocycles. The SMILES string of the molecule is Cc1cccc(C)c1N(C(=N)N)C(=O)NCCc1ccccc1. The van der Waals surface area contributed by atoms with Crippen molar-refractivity contribution >= 4 is 17.7 Å². The van der Waals surface area contributed by atoms with Crippen LogP contribution >= 0.6 is 0 Å². The average Bonchev–Trinajstić information content (AvgIpc) is 2.51. The molecule has 2 aromatic carbocycles. The van der Waals surface area contributed by atoms with E-state index >= 15 is 0 Å². The van der Waals surface area contributed by atoms with E-state index in [9.17, 15) is 4.79 Å². The zero-order chi connectivity index (χ0) is 16.8. The Labute approximate surface area is 136 Å². The maximum Gasteiger partial charge on any atom is 0.328 e. The number of amides is 2. The van der Waals surface area contributed by atoms with Gasteiger partial charge in [0.25, 0.3) is 0 Å². The van der Waals surface area contributed by atoms with E-state index in [-0.39, 0.29) is 12.0 Å². The van der Waals surface area contributed by atoms with Crippen molar-refractivity contribution in [3.8, 4) is 0 Å². The Balaban J connectivity index is 2.09. The maximum atomic E-state index is 12.5. The summed E-state index contributed by atoms with van der Waals surface area (Å²) in [4.78, 5) is 13.7. The van der Waals surface area contributed by atoms with Crippen LogP contribution in [0.1, 0.15) is 16.7 Å². The number of benzene rings is 2. The highest BCUT2D eigenvalue weighted by Gasteiger charge is 2.21. The molecule has 2 rings (SSSR count). The van der Waals surface area contributed by atoms with Crippen molar-refractivity contribution in [2.45, 2.75) is 20.3 Å². The molecular formula is C18H22N4O. The lowest BCUT2D eigenvalue weighted by Gasteiger charge is -2.24. The van der Waals surface area contributed by atoms with Crippen LogP contribution in [0.3, 0.4) is 0 Å². The van der Waals surface area contributed by atoms with Crippen LogP contribution in [0.5, 0.6) is 0 Å². The van der Waals surface area contributed by atoms with Crippen LogP contribution in [0, 0.1) is 19.3 Å². The minimum Gasteiger partial charge on any atom is -0.369 e. The number of para-hydroxylation sites is 1. The summed E-state index contributed by atoms with van der Waals surface area (Å²) in [5.74, 6) is -0.292. The van der Waals surface area contributed by atoms with Crippen LogP contribution in [-0.4, -0.2) is 18.5 Å². The van der Waals surface area contributed by atoms with Crippen LogP contribution in [0.4, 0.5) is 10.5 Å². The molecule has 0 aliphatic heterocycles. The molecule has 0 bridgehead atoms. The van der Waals surface area contributed by atoms with Crippen molar-refractivity contribution in [1.82, 2.24) is 5.32 Å². The normalized spacial score (nSPS) is 10.2. The van der Waals surface area contributed by atoms with E-state index in [4.69, 9.17) is 11.1 Å². The zero-order valence-electron chi connectivity index (χ0n) is 13.5. The van der Waals surface area contributed by atoms with Crippen LogP contribution in [-0.2, 0) is 6.42 Å². The Morgan fingerprint density at radius 2 is 1.70 bits per heavy atom. The third-order valence-corrected chi connectivity index (χ3v) is 3.64. The Kier molecular flexibility index (Phi) is 5.36. The minimum atomic E-state index is -0.383. The van der Waals surface area contributed by atoms with E-state index in [1.807, 2.05) is 62.4 Å². The number of hydrogen-bond donors (Lipinski definition) is 3. The summed E-state index contributed by atoms with van der Waals surface area (Å²) in [7, 11) is 0. The van der Waals surface area contributed by atoms with Crippen molar-refractivity contribution < 1.29 is 4.79 Å². The summed E-state index contributed by atoms with van der Waals surface area (Å²) in [5.41, 5.74) is 9.25. The number of urea groups is 1. The molecule has 0 aliphatic rings. The standard InChI is InChI=1S/C18H22N4O/c1-13-7-6-8-14(2)16(13)22(17(19)20)18(23)21-12-11-15-9-4-3-5-10-15/h3-10H,11-12H2,1-2H3,(H3,19,20)(H,21,23). The summed E-state index contributed by atoms with van der Waals surface area (Å²) in [6, 6.07) is 15.3. The molecule has 0 atom stereocenters. The van der Waals surface area contributed by atoms with Crippen molar-refractivity contribution in [3.63, 3.8) is 0 Å². The number of nitrogens with zero attached hydrogens (tertiary/aromatic N) is 1. The Bertz CT molecular complexity index is 677. The van der Waals surface area contributed by atoms with E-state index in [1.165, 1.54) is 4.90 Å². The smallest absolute Gasteiger partial charge is 0.328 e. The number of carbonyl (C=O) groups is 1. The summed E-state index contributed by atoms with van der Waals surface area (Å²) >= 11 is 0. The highest BCUT2D eigenvalue weighted by Crippen LogP contribution is 2.24. The van der Waals surface area contributed by atoms with E-state index in [0.717, 1.165) is 23.1 Å². The maximum absolute atomic E-state index is 12.5. The number of guanidine groups is 1. The second-order valence-electron chi connectivity index (χ2n) is 5.43. The molecule has 5 nitrogen and oxygen atoms in total. The summed E-state index contributed by atoms with van der Waals surface area (Å²) in [5, 5.41) is 10.6. The predicted molar refractivity (Wildman–Crippen MR) is 93.9 cm³/mol. The number of hydrogen-bond acceptors (Lipinski definition) is 2. The third kappa shape index (κ3) is 4.10. The second kappa shape index (κ2) is 7.45. The lowest BCUT2D eigenvalue weighted by atomic mass is 10.1. The zero-order valence-corrected chi connectivity index (χ0v) is 13.5. The van der Waals surface area contributed by atoms with Crippen LogP contribution < -0.4 is 16.0 Å². The fourth-order valence-electron chi connectivity index (χ4n) is 2.53. The average molecular weight is 310 g/mol. The molecule has 2 amide bonds. The molecule has 0 radical (unpaired) electrons. The van der Waals surface area contributed by atoms with Gasteiger partial charge in [-0.3, -0.25) is 5.41 Å². The van der Waals surface area contributed by atoms with Crippen LogP contribution in [0.2, 0.25) is 0 Å². The van der Waals surface area contributed by atoms with Gasteiger partial charge in [0.1, 0.15) is 0 Å². The number of carbonyl (C=O) groups excluding carboxylic acids is 1. The molecule has 0 fully saturated rings. The Morgan fingerprint density at radius 3 is 2.26 bits per heavy atom. The van der Waals surface area contributed by atoms with Gasteiger partial charge in [-0.15, -0.1) is 0 Å². The van der Waals surface area contributed by atoms with Gasteiger partial charge in [-0.1, -0.05) is 48.5 Å². The van der Waals surface area contributed by atoms with E-state index < -0.39 is 0 Å². The van der Waals surface area contributed by atoms with Gasteiger partial charge in [-0.2, -0.15) is 0 Å². The third-order valence-electron chi connectivity index (χ3n) is 3.64. The molecule has 2 aromatic rings. The van der Waals surface area contributed by atoms with Gasteiger partial charge in [0, 0.05) is 6.54 Å². The highest BCUT2D eigenvalue weighted by atomic mass is 16.2. The van der Waals surface area contributed by atoms with E-state index in [1.54, 1.807) is 0 Å². The largest absolute Gasteiger partial charge is 0.369 e. The molecule has 0 unspecified atom stereocenters. The molecule has 0 saturated carbocycles. The first-order valence-corrected chi connectivity index (χ1v) is 7.53. The second-order valence-corrected chi connectivity index (χ2v) is 5.43. The number of nitrogens with one attached hydrogen (secondary N) is 2. The van der Waals surface area contributed by atoms with Crippen LogP contribution in [0.15, 0.2) is 48.5 Å². The minimum absolute atomic E-state index is 0.292. The number of rotatable bonds is 4. The van der Waals surface area contributed by atoms with Crippen LogP contribution in [0.25, 0.3) is 0 Å². The summed E-state index contributed by atoms with van der Waals surface area (Å²) < 4.78 is 0. The summed E-state index contributed by atoms with van der Waals surface area (Å²) in [6.07, 6.45) is 0.727. The highest BCUT2D eigenvalue weighted by molar-refractivity contribution is 6.14. The van der Waals surface area contributed by atoms with Gasteiger partial charge in [0.2, 0.25) is 5.96 Å². The van der Waals surface area contributed by atoms with E-state index in [0.29, 0.717) is 12.2 Å². The number of aryl methyl sites for hydroxylation is 2. The van der Waals surface area contributed by atoms with Gasteiger partial charge >= 0.3 is 6.03 Å². The van der Waals surface area contributed by atoms with E-state index in [2.05, 4.69) is 5.32 Å². The van der Waals surface area contributed by atoms with Gasteiger partial charge in [0.15, 0.2) is 0 Å². The fraction of sp³-hybridized carbons (Fsp3) is 0.222. The van der Waals surface area contributed by atoms with Gasteiger partial charge in [-0.25, -0.2) is 9.69 Å².